The van der Waals surface area contributed by atoms with Crippen LogP contribution in [0.15, 0.2) is 77.2 Å². The molecule has 0 aliphatic rings. The smallest absolute Gasteiger partial charge is 0.270 e. The number of aromatic nitrogens is 1. The fraction of sp³-hybridized carbons (Fsp3) is 0.154. The zero-order chi connectivity index (χ0) is 23.4. The summed E-state index contributed by atoms with van der Waals surface area (Å²) in [5.74, 6) is 0.576. The maximum Gasteiger partial charge on any atom is 0.270 e. The quantitative estimate of drug-likeness (QED) is 0.199. The third-order valence-corrected chi connectivity index (χ3v) is 5.48. The Morgan fingerprint density at radius 3 is 2.76 bits per heavy atom. The first-order valence-corrected chi connectivity index (χ1v) is 10.7. The number of anilines is 1. The van der Waals surface area contributed by atoms with E-state index >= 15 is 0 Å². The Morgan fingerprint density at radius 2 is 1.97 bits per heavy atom. The first kappa shape index (κ1) is 22.0. The van der Waals surface area contributed by atoms with Gasteiger partial charge in [0.25, 0.3) is 5.69 Å². The molecular formula is C26H23N3O4. The Kier molecular flexibility index (Phi) is 6.31. The maximum absolute atomic E-state index is 12.4. The lowest BCUT2D eigenvalue weighted by atomic mass is 9.98. The van der Waals surface area contributed by atoms with Gasteiger partial charge in [0.2, 0.25) is 11.8 Å². The summed E-state index contributed by atoms with van der Waals surface area (Å²) in [5, 5.41) is 13.7. The van der Waals surface area contributed by atoms with Crippen molar-refractivity contribution in [2.24, 2.45) is 0 Å². The lowest BCUT2D eigenvalue weighted by Crippen LogP contribution is -2.07. The van der Waals surface area contributed by atoms with Crippen molar-refractivity contribution in [2.45, 2.75) is 26.2 Å². The van der Waals surface area contributed by atoms with Gasteiger partial charge in [-0.25, -0.2) is 4.98 Å². The number of hydrogen-bond donors (Lipinski definition) is 1. The van der Waals surface area contributed by atoms with E-state index in [2.05, 4.69) is 36.3 Å². The minimum Gasteiger partial charge on any atom is -0.436 e. The number of rotatable bonds is 7. The number of carbonyl (C=O) groups is 1. The molecule has 1 atom stereocenters. The van der Waals surface area contributed by atoms with Gasteiger partial charge in [0.15, 0.2) is 5.58 Å². The Hall–Kier alpha value is -4.26. The summed E-state index contributed by atoms with van der Waals surface area (Å²) < 4.78 is 5.93. The third kappa shape index (κ3) is 5.15. The van der Waals surface area contributed by atoms with Crippen molar-refractivity contribution in [2.75, 3.05) is 5.32 Å². The van der Waals surface area contributed by atoms with Crippen molar-refractivity contribution in [1.82, 2.24) is 4.98 Å². The third-order valence-electron chi connectivity index (χ3n) is 5.48. The van der Waals surface area contributed by atoms with Crippen molar-refractivity contribution < 1.29 is 14.1 Å². The summed E-state index contributed by atoms with van der Waals surface area (Å²) in [6.45, 7) is 4.34. The van der Waals surface area contributed by atoms with Crippen LogP contribution in [0, 0.1) is 10.1 Å². The van der Waals surface area contributed by atoms with Gasteiger partial charge in [-0.05, 0) is 59.9 Å². The van der Waals surface area contributed by atoms with Crippen LogP contribution in [0.4, 0.5) is 11.4 Å². The molecule has 0 aliphatic carbocycles. The first-order chi connectivity index (χ1) is 15.9. The molecule has 4 aromatic rings. The Balaban J connectivity index is 1.50. The van der Waals surface area contributed by atoms with Crippen LogP contribution in [0.5, 0.6) is 0 Å². The molecule has 1 amide bonds. The number of nitro groups is 1. The zero-order valence-corrected chi connectivity index (χ0v) is 18.3. The average molecular weight is 441 g/mol. The van der Waals surface area contributed by atoms with Crippen LogP contribution in [-0.4, -0.2) is 15.8 Å². The van der Waals surface area contributed by atoms with E-state index in [1.54, 1.807) is 24.3 Å². The summed E-state index contributed by atoms with van der Waals surface area (Å²) in [5.41, 5.74) is 4.61. The normalized spacial score (nSPS) is 12.2. The molecule has 0 radical (unpaired) electrons. The Bertz CT molecular complexity index is 1360. The summed E-state index contributed by atoms with van der Waals surface area (Å²) in [6, 6.07) is 19.4. The van der Waals surface area contributed by atoms with Gasteiger partial charge < -0.3 is 9.73 Å². The van der Waals surface area contributed by atoms with Gasteiger partial charge in [-0.2, -0.15) is 0 Å². The molecule has 0 fully saturated rings. The maximum atomic E-state index is 12.4. The van der Waals surface area contributed by atoms with Crippen LogP contribution in [-0.2, 0) is 4.79 Å². The molecule has 33 heavy (non-hydrogen) atoms. The van der Waals surface area contributed by atoms with E-state index in [4.69, 9.17) is 4.42 Å². The molecule has 7 heteroatoms. The van der Waals surface area contributed by atoms with Gasteiger partial charge in [-0.1, -0.05) is 38.1 Å². The minimum absolute atomic E-state index is 0.0279. The van der Waals surface area contributed by atoms with Gasteiger partial charge in [0.05, 0.1) is 4.92 Å². The van der Waals surface area contributed by atoms with Gasteiger partial charge in [0, 0.05) is 29.5 Å². The summed E-state index contributed by atoms with van der Waals surface area (Å²) in [6.07, 6.45) is 3.91. The molecule has 0 unspecified atom stereocenters. The molecular weight excluding hydrogens is 418 g/mol. The molecule has 0 saturated heterocycles. The van der Waals surface area contributed by atoms with Gasteiger partial charge in [-0.3, -0.25) is 14.9 Å². The molecule has 1 N–H and O–H groups in total. The molecule has 0 aliphatic heterocycles. The van der Waals surface area contributed by atoms with E-state index in [-0.39, 0.29) is 11.6 Å². The van der Waals surface area contributed by atoms with E-state index in [1.807, 2.05) is 18.2 Å². The molecule has 0 spiro atoms. The second-order valence-corrected chi connectivity index (χ2v) is 7.81. The number of hydrogen-bond acceptors (Lipinski definition) is 5. The summed E-state index contributed by atoms with van der Waals surface area (Å²) >= 11 is 0. The average Bonchev–Trinajstić information content (AvgIpc) is 3.26. The highest BCUT2D eigenvalue weighted by atomic mass is 16.6. The Morgan fingerprint density at radius 1 is 1.15 bits per heavy atom. The van der Waals surface area contributed by atoms with E-state index in [0.29, 0.717) is 28.6 Å². The van der Waals surface area contributed by atoms with Crippen molar-refractivity contribution in [1.29, 1.82) is 0 Å². The topological polar surface area (TPSA) is 98.3 Å². The predicted octanol–water partition coefficient (Wildman–Crippen LogP) is 6.57. The van der Waals surface area contributed by atoms with Crippen LogP contribution in [0.1, 0.15) is 37.3 Å². The first-order valence-electron chi connectivity index (χ1n) is 10.7. The molecule has 0 saturated carbocycles. The standard InChI is InChI=1S/C26H23N3O4/c1-3-17(2)19-11-12-24-23(16-19)28-26(33-24)20-7-5-8-21(15-20)27-25(30)13-10-18-6-4-9-22(14-18)29(31)32/h4-17H,3H2,1-2H3,(H,27,30)/b13-10+/t17-/m0/s1. The zero-order valence-electron chi connectivity index (χ0n) is 18.3. The highest BCUT2D eigenvalue weighted by Crippen LogP contribution is 2.29. The Labute approximate surface area is 190 Å². The van der Waals surface area contributed by atoms with E-state index in [0.717, 1.165) is 17.5 Å². The highest BCUT2D eigenvalue weighted by molar-refractivity contribution is 6.02. The summed E-state index contributed by atoms with van der Waals surface area (Å²) in [4.78, 5) is 27.4. The van der Waals surface area contributed by atoms with Crippen molar-refractivity contribution in [3.8, 4) is 11.5 Å². The molecule has 166 valence electrons. The fourth-order valence-corrected chi connectivity index (χ4v) is 3.44. The number of non-ortho nitro benzene ring substituents is 1. The van der Waals surface area contributed by atoms with Gasteiger partial charge in [0.1, 0.15) is 5.52 Å². The number of amides is 1. The molecule has 1 aromatic heterocycles. The van der Waals surface area contributed by atoms with Crippen molar-refractivity contribution >= 4 is 34.5 Å². The highest BCUT2D eigenvalue weighted by Gasteiger charge is 2.12. The SMILES string of the molecule is CC[C@H](C)c1ccc2oc(-c3cccc(NC(=O)/C=C/c4cccc([N+](=O)[O-])c4)c3)nc2c1. The number of oxazole rings is 1. The lowest BCUT2D eigenvalue weighted by molar-refractivity contribution is -0.384. The van der Waals surface area contributed by atoms with E-state index in [1.165, 1.54) is 29.8 Å². The van der Waals surface area contributed by atoms with Crippen molar-refractivity contribution in [3.05, 3.63) is 94.0 Å². The number of nitrogens with one attached hydrogen (secondary N) is 1. The number of nitro benzene ring substituents is 1. The predicted molar refractivity (Wildman–Crippen MR) is 129 cm³/mol. The summed E-state index contributed by atoms with van der Waals surface area (Å²) in [7, 11) is 0. The van der Waals surface area contributed by atoms with Crippen LogP contribution in [0.3, 0.4) is 0 Å². The van der Waals surface area contributed by atoms with E-state index in [9.17, 15) is 14.9 Å². The van der Waals surface area contributed by atoms with Crippen LogP contribution < -0.4 is 5.32 Å². The molecule has 4 rings (SSSR count). The minimum atomic E-state index is -0.472. The van der Waals surface area contributed by atoms with Gasteiger partial charge in [-0.15, -0.1) is 0 Å². The van der Waals surface area contributed by atoms with Crippen molar-refractivity contribution in [3.63, 3.8) is 0 Å². The number of nitrogens with zero attached hydrogens (tertiary/aromatic N) is 2. The number of fused-ring (bicyclic) bond motifs is 1. The molecule has 3 aromatic carbocycles. The molecule has 7 nitrogen and oxygen atoms in total. The number of carbonyl (C=O) groups excluding carboxylic acids is 1. The van der Waals surface area contributed by atoms with E-state index < -0.39 is 4.92 Å². The van der Waals surface area contributed by atoms with Gasteiger partial charge >= 0.3 is 0 Å². The van der Waals surface area contributed by atoms with Crippen LogP contribution >= 0.6 is 0 Å². The molecule has 1 heterocycles. The number of benzene rings is 3. The fourth-order valence-electron chi connectivity index (χ4n) is 3.44. The molecule has 0 bridgehead atoms. The lowest BCUT2D eigenvalue weighted by Gasteiger charge is -2.07. The second-order valence-electron chi connectivity index (χ2n) is 7.81. The monoisotopic (exact) mass is 441 g/mol. The van der Waals surface area contributed by atoms with Crippen LogP contribution in [0.2, 0.25) is 0 Å². The second kappa shape index (κ2) is 9.48. The largest absolute Gasteiger partial charge is 0.436 e. The van der Waals surface area contributed by atoms with Crippen LogP contribution in [0.25, 0.3) is 28.6 Å².